The topological polar surface area (TPSA) is 63.9 Å². The molecule has 1 aliphatic heterocycles. The van der Waals surface area contributed by atoms with Crippen molar-refractivity contribution >= 4 is 64.3 Å². The maximum absolute atomic E-state index is 12.7. The molecule has 274 valence electrons. The lowest BCUT2D eigenvalue weighted by atomic mass is 10.1. The van der Waals surface area contributed by atoms with Gasteiger partial charge in [0, 0.05) is 39.1 Å². The summed E-state index contributed by atoms with van der Waals surface area (Å²) in [5.74, 6) is 0. The van der Waals surface area contributed by atoms with E-state index in [1.165, 1.54) is 12.1 Å². The molecule has 1 N–H and O–H groups in total. The van der Waals surface area contributed by atoms with Crippen molar-refractivity contribution in [3.8, 4) is 0 Å². The maximum atomic E-state index is 12.7. The Morgan fingerprint density at radius 1 is 0.712 bits per heavy atom. The summed E-state index contributed by atoms with van der Waals surface area (Å²) < 4.78 is 50.6. The fourth-order valence-corrected chi connectivity index (χ4v) is 6.02. The largest absolute Gasteiger partial charge is 0.416 e. The fourth-order valence-electron chi connectivity index (χ4n) is 5.13. The molecule has 6 rings (SSSR count). The SMILES string of the molecule is Clc1ccccc1C(Cn1ccnc1)OCc1ccc(C(Cl)(Cl)Cl)cc1.FC(F)(F)c1ccc(COC(CN2CN=CN2)c2ccccc2Cl)cc1. The van der Waals surface area contributed by atoms with Crippen molar-refractivity contribution in [3.63, 3.8) is 0 Å². The molecule has 0 fully saturated rings. The number of rotatable bonds is 12. The van der Waals surface area contributed by atoms with Crippen LogP contribution >= 0.6 is 58.0 Å². The number of hydrogen-bond acceptors (Lipinski definition) is 6. The number of halogens is 8. The molecule has 0 spiro atoms. The second-order valence-electron chi connectivity index (χ2n) is 11.6. The van der Waals surface area contributed by atoms with E-state index >= 15 is 0 Å². The number of nitrogens with zero attached hydrogens (tertiary/aromatic N) is 4. The fraction of sp³-hybridized carbons (Fsp3) is 0.243. The van der Waals surface area contributed by atoms with Crippen LogP contribution in [0.5, 0.6) is 0 Å². The van der Waals surface area contributed by atoms with Gasteiger partial charge in [-0.15, -0.1) is 0 Å². The molecule has 0 aliphatic carbocycles. The average molecular weight is 814 g/mol. The van der Waals surface area contributed by atoms with Crippen LogP contribution in [0.4, 0.5) is 13.2 Å². The van der Waals surface area contributed by atoms with Crippen LogP contribution in [0.25, 0.3) is 0 Å². The maximum Gasteiger partial charge on any atom is 0.416 e. The molecule has 2 atom stereocenters. The molecule has 0 saturated heterocycles. The number of alkyl halides is 6. The van der Waals surface area contributed by atoms with E-state index < -0.39 is 15.5 Å². The number of aliphatic imine (C=N–C) groups is 1. The Morgan fingerprint density at radius 2 is 1.23 bits per heavy atom. The number of benzene rings is 4. The van der Waals surface area contributed by atoms with E-state index in [1.807, 2.05) is 70.4 Å². The smallest absolute Gasteiger partial charge is 0.367 e. The van der Waals surface area contributed by atoms with Gasteiger partial charge in [0.05, 0.1) is 50.6 Å². The Balaban J connectivity index is 0.000000201. The highest BCUT2D eigenvalue weighted by atomic mass is 35.6. The van der Waals surface area contributed by atoms with Crippen LogP contribution in [0.1, 0.15) is 45.6 Å². The van der Waals surface area contributed by atoms with E-state index in [-0.39, 0.29) is 18.8 Å². The highest BCUT2D eigenvalue weighted by molar-refractivity contribution is 6.66. The first-order valence-corrected chi connectivity index (χ1v) is 17.8. The standard InChI is InChI=1S/C19H16Cl4N2O.C18H17ClF3N3O/c20-17-4-2-1-3-16(17)18(11-25-10-9-24-13-25)26-12-14-5-7-15(8-6-14)19(21,22)23;19-16-4-2-1-3-15(16)17(9-25-12-23-11-24-25)26-10-13-5-7-14(8-6-13)18(20,21)22/h1-10,13,18H,11-12H2;1-8,11,17H,9-10,12H2,(H,23,24). The van der Waals surface area contributed by atoms with Gasteiger partial charge >= 0.3 is 6.18 Å². The molecule has 1 aliphatic rings. The number of imidazole rings is 1. The summed E-state index contributed by atoms with van der Waals surface area (Å²) in [4.78, 5) is 8.16. The van der Waals surface area contributed by atoms with Crippen LogP contribution in [0.15, 0.2) is 121 Å². The van der Waals surface area contributed by atoms with Crippen LogP contribution in [-0.4, -0.2) is 34.1 Å². The molecule has 7 nitrogen and oxygen atoms in total. The highest BCUT2D eigenvalue weighted by Gasteiger charge is 2.30. The van der Waals surface area contributed by atoms with E-state index in [0.717, 1.165) is 28.8 Å². The second kappa shape index (κ2) is 18.6. The van der Waals surface area contributed by atoms with Gasteiger partial charge in [-0.1, -0.05) is 131 Å². The van der Waals surface area contributed by atoms with Crippen LogP contribution in [-0.2, 0) is 39.2 Å². The molecular formula is C37H33Cl5F3N5O2. The van der Waals surface area contributed by atoms with Crippen molar-refractivity contribution in [2.45, 2.75) is 41.9 Å². The molecule has 52 heavy (non-hydrogen) atoms. The van der Waals surface area contributed by atoms with Gasteiger partial charge in [-0.05, 0) is 35.4 Å². The minimum atomic E-state index is -4.35. The first-order chi connectivity index (χ1) is 24.9. The molecule has 1 aromatic heterocycles. The number of nitrogens with one attached hydrogen (secondary N) is 1. The van der Waals surface area contributed by atoms with Crippen LogP contribution in [0.3, 0.4) is 0 Å². The molecular weight excluding hydrogens is 781 g/mol. The van der Waals surface area contributed by atoms with Crippen molar-refractivity contribution in [2.24, 2.45) is 4.99 Å². The summed E-state index contributed by atoms with van der Waals surface area (Å²) in [6, 6.07) is 27.3. The molecule has 15 heteroatoms. The second-order valence-corrected chi connectivity index (χ2v) is 14.7. The van der Waals surface area contributed by atoms with Crippen LogP contribution in [0.2, 0.25) is 10.0 Å². The van der Waals surface area contributed by atoms with Gasteiger partial charge in [0.25, 0.3) is 0 Å². The van der Waals surface area contributed by atoms with Gasteiger partial charge < -0.3 is 19.5 Å². The van der Waals surface area contributed by atoms with E-state index in [1.54, 1.807) is 37.1 Å². The quantitative estimate of drug-likeness (QED) is 0.127. The summed E-state index contributed by atoms with van der Waals surface area (Å²) in [5.41, 5.74) is 6.31. The Morgan fingerprint density at radius 3 is 1.67 bits per heavy atom. The lowest BCUT2D eigenvalue weighted by Gasteiger charge is -2.24. The van der Waals surface area contributed by atoms with Crippen molar-refractivity contribution in [1.29, 1.82) is 0 Å². The zero-order valence-corrected chi connectivity index (χ0v) is 31.1. The Bertz CT molecular complexity index is 1860. The van der Waals surface area contributed by atoms with E-state index in [0.29, 0.717) is 47.5 Å². The van der Waals surface area contributed by atoms with Crippen LogP contribution in [0, 0.1) is 0 Å². The molecule has 0 radical (unpaired) electrons. The van der Waals surface area contributed by atoms with Crippen LogP contribution < -0.4 is 5.43 Å². The lowest BCUT2D eigenvalue weighted by molar-refractivity contribution is -0.137. The minimum Gasteiger partial charge on any atom is -0.367 e. The third kappa shape index (κ3) is 11.8. The predicted octanol–water partition coefficient (Wildman–Crippen LogP) is 10.7. The first-order valence-electron chi connectivity index (χ1n) is 15.9. The normalized spacial score (nSPS) is 14.4. The number of hydrazine groups is 1. The number of aromatic nitrogens is 2. The molecule has 0 amide bonds. The van der Waals surface area contributed by atoms with Gasteiger partial charge in [0.2, 0.25) is 3.79 Å². The third-order valence-corrected chi connectivity index (χ3v) is 9.22. The number of ether oxygens (including phenoxy) is 2. The number of hydrogen-bond donors (Lipinski definition) is 1. The molecule has 0 bridgehead atoms. The lowest BCUT2D eigenvalue weighted by Crippen LogP contribution is -2.36. The Hall–Kier alpha value is -3.32. The van der Waals surface area contributed by atoms with Gasteiger partial charge in [0.1, 0.15) is 12.8 Å². The van der Waals surface area contributed by atoms with E-state index in [2.05, 4.69) is 15.4 Å². The molecule has 5 aromatic rings. The summed E-state index contributed by atoms with van der Waals surface area (Å²) >= 11 is 30.3. The predicted molar refractivity (Wildman–Crippen MR) is 201 cm³/mol. The van der Waals surface area contributed by atoms with Crippen molar-refractivity contribution in [3.05, 3.63) is 159 Å². The Kier molecular flexibility index (Phi) is 14.3. The van der Waals surface area contributed by atoms with Crippen molar-refractivity contribution in [1.82, 2.24) is 20.0 Å². The average Bonchev–Trinajstić information content (AvgIpc) is 3.84. The highest BCUT2D eigenvalue weighted by Crippen LogP contribution is 2.38. The Labute approximate surface area is 324 Å². The molecule has 2 unspecified atom stereocenters. The van der Waals surface area contributed by atoms with Gasteiger partial charge in [0.15, 0.2) is 0 Å². The van der Waals surface area contributed by atoms with Gasteiger partial charge in [-0.3, -0.25) is 4.99 Å². The van der Waals surface area contributed by atoms with E-state index in [9.17, 15) is 13.2 Å². The summed E-state index contributed by atoms with van der Waals surface area (Å²) in [5, 5.41) is 3.11. The van der Waals surface area contributed by atoms with Crippen molar-refractivity contribution in [2.75, 3.05) is 13.2 Å². The van der Waals surface area contributed by atoms with Gasteiger partial charge in [-0.25, -0.2) is 4.98 Å². The van der Waals surface area contributed by atoms with E-state index in [4.69, 9.17) is 67.5 Å². The summed E-state index contributed by atoms with van der Waals surface area (Å²) in [6.45, 7) is 2.17. The zero-order chi connectivity index (χ0) is 37.1. The zero-order valence-electron chi connectivity index (χ0n) is 27.4. The molecule has 4 aromatic carbocycles. The molecule has 0 saturated carbocycles. The first kappa shape index (κ1) is 39.9. The third-order valence-electron chi connectivity index (χ3n) is 7.88. The van der Waals surface area contributed by atoms with Gasteiger partial charge in [-0.2, -0.15) is 18.2 Å². The monoisotopic (exact) mass is 811 g/mol. The van der Waals surface area contributed by atoms with Crippen molar-refractivity contribution < 1.29 is 22.6 Å². The molecule has 2 heterocycles. The summed E-state index contributed by atoms with van der Waals surface area (Å²) in [6.07, 6.45) is 2.05. The minimum absolute atomic E-state index is 0.169. The summed E-state index contributed by atoms with van der Waals surface area (Å²) in [7, 11) is 0.